The van der Waals surface area contributed by atoms with Gasteiger partial charge in [0.05, 0.1) is 0 Å². The fourth-order valence-corrected chi connectivity index (χ4v) is 4.51. The third-order valence-electron chi connectivity index (χ3n) is 3.99. The van der Waals surface area contributed by atoms with E-state index in [4.69, 9.17) is 4.74 Å². The first kappa shape index (κ1) is 16.8. The molecule has 24 heavy (non-hydrogen) atoms. The van der Waals surface area contributed by atoms with Crippen molar-refractivity contribution in [2.45, 2.75) is 38.2 Å². The number of nitrogens with one attached hydrogen (secondary N) is 1. The number of hydrogen-bond donors (Lipinski definition) is 1. The maximum absolute atomic E-state index is 12.6. The molecule has 0 saturated carbocycles. The molecular weight excluding hydrogens is 328 g/mol. The van der Waals surface area contributed by atoms with E-state index < -0.39 is 26.9 Å². The summed E-state index contributed by atoms with van der Waals surface area (Å²) in [5.41, 5.74) is 1.72. The minimum atomic E-state index is -3.55. The van der Waals surface area contributed by atoms with Crippen LogP contribution in [0.5, 0.6) is 0 Å². The van der Waals surface area contributed by atoms with Crippen LogP contribution in [-0.2, 0) is 21.0 Å². The molecule has 0 spiro atoms. The van der Waals surface area contributed by atoms with E-state index in [0.29, 0.717) is 18.5 Å². The zero-order valence-corrected chi connectivity index (χ0v) is 15.1. The molecule has 1 aliphatic rings. The number of aromatic nitrogens is 1. The molecule has 0 bridgehead atoms. The van der Waals surface area contributed by atoms with Crippen molar-refractivity contribution in [3.8, 4) is 0 Å². The van der Waals surface area contributed by atoms with Gasteiger partial charge in [0.2, 0.25) is 0 Å². The monoisotopic (exact) mass is 350 g/mol. The molecule has 6 nitrogen and oxygen atoms in total. The number of H-pyrrole nitrogens is 1. The standard InChI is InChI=1S/C17H22N2O4S/c1-17(2,3)23-16(20)19-10-9-13-14(15(19)24(4,21)22)11-7-5-6-8-12(11)18-13/h5-8,15,18H,9-10H2,1-4H3. The number of aromatic amines is 1. The van der Waals surface area contributed by atoms with Crippen LogP contribution in [0.1, 0.15) is 37.4 Å². The first-order valence-electron chi connectivity index (χ1n) is 7.86. The van der Waals surface area contributed by atoms with Crippen LogP contribution in [0.15, 0.2) is 24.3 Å². The summed E-state index contributed by atoms with van der Waals surface area (Å²) in [5, 5.41) is -0.205. The molecule has 1 aromatic heterocycles. The summed E-state index contributed by atoms with van der Waals surface area (Å²) in [4.78, 5) is 17.2. The van der Waals surface area contributed by atoms with Gasteiger partial charge in [0.1, 0.15) is 5.60 Å². The molecule has 2 heterocycles. The third kappa shape index (κ3) is 3.00. The smallest absolute Gasteiger partial charge is 0.411 e. The summed E-state index contributed by atoms with van der Waals surface area (Å²) >= 11 is 0. The summed E-state index contributed by atoms with van der Waals surface area (Å²) in [6, 6.07) is 7.54. The lowest BCUT2D eigenvalue weighted by Crippen LogP contribution is -2.45. The summed E-state index contributed by atoms with van der Waals surface area (Å²) in [5.74, 6) is 0. The lowest BCUT2D eigenvalue weighted by molar-refractivity contribution is 0.0209. The molecule has 1 N–H and O–H groups in total. The predicted molar refractivity (Wildman–Crippen MR) is 92.5 cm³/mol. The SMILES string of the molecule is CC(C)(C)OC(=O)N1CCc2[nH]c3ccccc3c2C1S(C)(=O)=O. The fourth-order valence-electron chi connectivity index (χ4n) is 3.16. The molecule has 0 aliphatic carbocycles. The van der Waals surface area contributed by atoms with Gasteiger partial charge in [0, 0.05) is 41.4 Å². The fraction of sp³-hybridized carbons (Fsp3) is 0.471. The van der Waals surface area contributed by atoms with Crippen molar-refractivity contribution in [1.29, 1.82) is 0 Å². The first-order valence-corrected chi connectivity index (χ1v) is 9.81. The van der Waals surface area contributed by atoms with E-state index in [0.717, 1.165) is 22.9 Å². The Bertz CT molecular complexity index is 893. The average molecular weight is 350 g/mol. The number of carbonyl (C=O) groups is 1. The highest BCUT2D eigenvalue weighted by atomic mass is 32.2. The molecule has 7 heteroatoms. The van der Waals surface area contributed by atoms with E-state index in [-0.39, 0.29) is 0 Å². The number of nitrogens with zero attached hydrogens (tertiary/aromatic N) is 1. The van der Waals surface area contributed by atoms with Crippen LogP contribution < -0.4 is 0 Å². The maximum atomic E-state index is 12.6. The Hall–Kier alpha value is -2.02. The second-order valence-corrected chi connectivity index (χ2v) is 9.27. The molecular formula is C17H22N2O4S. The zero-order chi connectivity index (χ0) is 17.7. The molecule has 1 unspecified atom stereocenters. The van der Waals surface area contributed by atoms with Crippen molar-refractivity contribution in [3.05, 3.63) is 35.5 Å². The van der Waals surface area contributed by atoms with Crippen molar-refractivity contribution < 1.29 is 17.9 Å². The van der Waals surface area contributed by atoms with Crippen molar-refractivity contribution in [2.75, 3.05) is 12.8 Å². The molecule has 0 radical (unpaired) electrons. The molecule has 1 aliphatic heterocycles. The van der Waals surface area contributed by atoms with E-state index in [1.54, 1.807) is 20.8 Å². The highest BCUT2D eigenvalue weighted by Gasteiger charge is 2.41. The van der Waals surface area contributed by atoms with Crippen molar-refractivity contribution in [3.63, 3.8) is 0 Å². The first-order chi connectivity index (χ1) is 11.1. The quantitative estimate of drug-likeness (QED) is 0.857. The summed E-state index contributed by atoms with van der Waals surface area (Å²) in [6.07, 6.45) is 1.12. The number of benzene rings is 1. The van der Waals surface area contributed by atoms with Crippen LogP contribution in [-0.4, -0.2) is 42.8 Å². The Balaban J connectivity index is 2.13. The van der Waals surface area contributed by atoms with Crippen LogP contribution in [0.4, 0.5) is 4.79 Å². The zero-order valence-electron chi connectivity index (χ0n) is 14.3. The lowest BCUT2D eigenvalue weighted by Gasteiger charge is -2.35. The van der Waals surface area contributed by atoms with E-state index >= 15 is 0 Å². The maximum Gasteiger partial charge on any atom is 0.411 e. The van der Waals surface area contributed by atoms with Crippen LogP contribution in [0.3, 0.4) is 0 Å². The molecule has 1 atom stereocenters. The topological polar surface area (TPSA) is 79.5 Å². The van der Waals surface area contributed by atoms with E-state index in [9.17, 15) is 13.2 Å². The number of ether oxygens (including phenoxy) is 1. The Kier molecular flexibility index (Phi) is 3.86. The summed E-state index contributed by atoms with van der Waals surface area (Å²) < 4.78 is 30.4. The molecule has 0 saturated heterocycles. The molecule has 1 amide bonds. The van der Waals surface area contributed by atoms with Crippen LogP contribution in [0, 0.1) is 0 Å². The van der Waals surface area contributed by atoms with Gasteiger partial charge < -0.3 is 9.72 Å². The number of amides is 1. The third-order valence-corrected chi connectivity index (χ3v) is 5.30. The van der Waals surface area contributed by atoms with Gasteiger partial charge in [-0.05, 0) is 26.8 Å². The van der Waals surface area contributed by atoms with E-state index in [1.165, 1.54) is 4.90 Å². The summed E-state index contributed by atoms with van der Waals surface area (Å²) in [6.45, 7) is 5.59. The highest BCUT2D eigenvalue weighted by Crippen LogP contribution is 2.39. The molecule has 2 aromatic rings. The minimum Gasteiger partial charge on any atom is -0.444 e. The number of fused-ring (bicyclic) bond motifs is 3. The van der Waals surface area contributed by atoms with Crippen LogP contribution in [0.25, 0.3) is 10.9 Å². The van der Waals surface area contributed by atoms with E-state index in [2.05, 4.69) is 4.98 Å². The van der Waals surface area contributed by atoms with Crippen molar-refractivity contribution in [1.82, 2.24) is 9.88 Å². The van der Waals surface area contributed by atoms with Crippen molar-refractivity contribution in [2.24, 2.45) is 0 Å². The molecule has 0 fully saturated rings. The lowest BCUT2D eigenvalue weighted by atomic mass is 10.0. The highest BCUT2D eigenvalue weighted by molar-refractivity contribution is 7.90. The van der Waals surface area contributed by atoms with E-state index in [1.807, 2.05) is 24.3 Å². The Morgan fingerprint density at radius 2 is 1.96 bits per heavy atom. The Morgan fingerprint density at radius 1 is 1.29 bits per heavy atom. The number of carbonyl (C=O) groups excluding carboxylic acids is 1. The Morgan fingerprint density at radius 3 is 2.58 bits per heavy atom. The van der Waals surface area contributed by atoms with Crippen LogP contribution in [0.2, 0.25) is 0 Å². The minimum absolute atomic E-state index is 0.298. The van der Waals surface area contributed by atoms with Gasteiger partial charge in [-0.1, -0.05) is 18.2 Å². The second-order valence-electron chi connectivity index (χ2n) is 7.17. The predicted octanol–water partition coefficient (Wildman–Crippen LogP) is 3.00. The average Bonchev–Trinajstić information content (AvgIpc) is 2.81. The number of sulfone groups is 1. The number of rotatable bonds is 1. The second kappa shape index (κ2) is 5.51. The van der Waals surface area contributed by atoms with Gasteiger partial charge in [-0.2, -0.15) is 0 Å². The molecule has 3 rings (SSSR count). The Labute approximate surface area is 141 Å². The van der Waals surface area contributed by atoms with Gasteiger partial charge in [-0.3, -0.25) is 4.90 Å². The number of hydrogen-bond acceptors (Lipinski definition) is 4. The summed E-state index contributed by atoms with van der Waals surface area (Å²) in [7, 11) is -3.55. The van der Waals surface area contributed by atoms with Crippen molar-refractivity contribution >= 4 is 26.8 Å². The molecule has 130 valence electrons. The van der Waals surface area contributed by atoms with Gasteiger partial charge >= 0.3 is 6.09 Å². The van der Waals surface area contributed by atoms with Gasteiger partial charge in [0.25, 0.3) is 0 Å². The van der Waals surface area contributed by atoms with Gasteiger partial charge in [0.15, 0.2) is 15.2 Å². The molecule has 1 aromatic carbocycles. The normalized spacial score (nSPS) is 18.5. The van der Waals surface area contributed by atoms with Crippen LogP contribution >= 0.6 is 0 Å². The van der Waals surface area contributed by atoms with Gasteiger partial charge in [-0.15, -0.1) is 0 Å². The van der Waals surface area contributed by atoms with Gasteiger partial charge in [-0.25, -0.2) is 13.2 Å². The largest absolute Gasteiger partial charge is 0.444 e. The number of para-hydroxylation sites is 1.